The summed E-state index contributed by atoms with van der Waals surface area (Å²) in [4.78, 5) is 14.1. The first-order valence-corrected chi connectivity index (χ1v) is 9.50. The number of para-hydroxylation sites is 1. The number of hydrogen-bond donors (Lipinski definition) is 2. The number of thiocarbonyl (C=S) groups is 1. The number of aryl methyl sites for hydroxylation is 1. The molecule has 136 valence electrons. The molecule has 6 nitrogen and oxygen atoms in total. The summed E-state index contributed by atoms with van der Waals surface area (Å²) in [6, 6.07) is 15.3. The molecule has 0 radical (unpaired) electrons. The number of furan rings is 1. The van der Waals surface area contributed by atoms with Gasteiger partial charge < -0.3 is 9.73 Å². The van der Waals surface area contributed by atoms with Crippen LogP contribution in [0.15, 0.2) is 59.2 Å². The number of aromatic nitrogens is 2. The normalized spacial score (nSPS) is 10.9. The van der Waals surface area contributed by atoms with Crippen LogP contribution in [-0.4, -0.2) is 20.8 Å². The van der Waals surface area contributed by atoms with Crippen LogP contribution in [0.5, 0.6) is 0 Å². The molecule has 1 aromatic carbocycles. The van der Waals surface area contributed by atoms with Gasteiger partial charge in [-0.1, -0.05) is 18.2 Å². The SMILES string of the molecule is Cc1nn(-c2ccccc2)c2sc(C(=O)NC(=S)NCc3ccco3)cc12. The Morgan fingerprint density at radius 2 is 2.07 bits per heavy atom. The Balaban J connectivity index is 1.52. The quantitative estimate of drug-likeness (QED) is 0.514. The topological polar surface area (TPSA) is 72.1 Å². The van der Waals surface area contributed by atoms with Crippen molar-refractivity contribution in [1.82, 2.24) is 20.4 Å². The molecule has 0 fully saturated rings. The lowest BCUT2D eigenvalue weighted by atomic mass is 10.3. The van der Waals surface area contributed by atoms with Crippen LogP contribution in [0.2, 0.25) is 0 Å². The number of nitrogens with zero attached hydrogens (tertiary/aromatic N) is 2. The first-order valence-electron chi connectivity index (χ1n) is 8.28. The summed E-state index contributed by atoms with van der Waals surface area (Å²) < 4.78 is 7.09. The van der Waals surface area contributed by atoms with E-state index < -0.39 is 0 Å². The van der Waals surface area contributed by atoms with Crippen LogP contribution in [0.1, 0.15) is 21.1 Å². The molecule has 0 atom stereocenters. The van der Waals surface area contributed by atoms with Gasteiger partial charge in [-0.05, 0) is 49.5 Å². The van der Waals surface area contributed by atoms with Gasteiger partial charge in [0.2, 0.25) is 0 Å². The Kier molecular flexibility index (Phi) is 4.74. The van der Waals surface area contributed by atoms with E-state index in [0.717, 1.165) is 27.4 Å². The summed E-state index contributed by atoms with van der Waals surface area (Å²) in [5, 5.41) is 11.5. The van der Waals surface area contributed by atoms with Crippen LogP contribution in [0.4, 0.5) is 0 Å². The van der Waals surface area contributed by atoms with Gasteiger partial charge in [-0.2, -0.15) is 5.10 Å². The molecule has 0 saturated carbocycles. The van der Waals surface area contributed by atoms with Gasteiger partial charge in [-0.15, -0.1) is 11.3 Å². The number of nitrogens with one attached hydrogen (secondary N) is 2. The van der Waals surface area contributed by atoms with Crippen LogP contribution in [-0.2, 0) is 6.54 Å². The van der Waals surface area contributed by atoms with Crippen molar-refractivity contribution in [3.8, 4) is 5.69 Å². The molecule has 0 aliphatic carbocycles. The maximum Gasteiger partial charge on any atom is 0.267 e. The minimum atomic E-state index is -0.243. The van der Waals surface area contributed by atoms with Gasteiger partial charge in [0.15, 0.2) is 5.11 Å². The van der Waals surface area contributed by atoms with Gasteiger partial charge >= 0.3 is 0 Å². The monoisotopic (exact) mass is 396 g/mol. The third kappa shape index (κ3) is 3.62. The Bertz CT molecular complexity index is 1100. The number of thiophene rings is 1. The molecule has 2 N–H and O–H groups in total. The summed E-state index contributed by atoms with van der Waals surface area (Å²) >= 11 is 6.58. The van der Waals surface area contributed by atoms with Crippen molar-refractivity contribution in [1.29, 1.82) is 0 Å². The molecule has 0 aliphatic heterocycles. The van der Waals surface area contributed by atoms with Crippen molar-refractivity contribution in [2.24, 2.45) is 0 Å². The minimum Gasteiger partial charge on any atom is -0.467 e. The van der Waals surface area contributed by atoms with Gasteiger partial charge in [-0.3, -0.25) is 10.1 Å². The molecular weight excluding hydrogens is 380 g/mol. The number of carbonyl (C=O) groups excluding carboxylic acids is 1. The van der Waals surface area contributed by atoms with Crippen molar-refractivity contribution in [3.05, 3.63) is 71.1 Å². The first-order chi connectivity index (χ1) is 13.1. The molecule has 1 amide bonds. The zero-order valence-electron chi connectivity index (χ0n) is 14.4. The Morgan fingerprint density at radius 3 is 2.81 bits per heavy atom. The largest absolute Gasteiger partial charge is 0.467 e. The number of fused-ring (bicyclic) bond motifs is 1. The van der Waals surface area contributed by atoms with Crippen LogP contribution >= 0.6 is 23.6 Å². The van der Waals surface area contributed by atoms with E-state index in [4.69, 9.17) is 16.6 Å². The minimum absolute atomic E-state index is 0.243. The molecule has 0 unspecified atom stereocenters. The standard InChI is InChI=1S/C19H16N4O2S2/c1-12-15-10-16(17(24)21-19(26)20-11-14-8-5-9-25-14)27-18(15)23(22-12)13-6-3-2-4-7-13/h2-10H,11H2,1H3,(H2,20,21,24,26). The van der Waals surface area contributed by atoms with Gasteiger partial charge in [-0.25, -0.2) is 4.68 Å². The molecule has 0 saturated heterocycles. The van der Waals surface area contributed by atoms with Crippen molar-refractivity contribution >= 4 is 44.8 Å². The van der Waals surface area contributed by atoms with Crippen molar-refractivity contribution in [2.75, 3.05) is 0 Å². The molecule has 3 heterocycles. The van der Waals surface area contributed by atoms with Crippen LogP contribution in [0.3, 0.4) is 0 Å². The van der Waals surface area contributed by atoms with E-state index in [0.29, 0.717) is 11.4 Å². The predicted molar refractivity (Wildman–Crippen MR) is 109 cm³/mol. The molecule has 4 rings (SSSR count). The molecule has 0 spiro atoms. The molecule has 3 aromatic heterocycles. The van der Waals surface area contributed by atoms with Gasteiger partial charge in [0, 0.05) is 5.39 Å². The molecule has 8 heteroatoms. The number of hydrogen-bond acceptors (Lipinski definition) is 5. The number of amides is 1. The number of rotatable bonds is 4. The molecule has 0 aliphatic rings. The summed E-state index contributed by atoms with van der Waals surface area (Å²) in [7, 11) is 0. The Hall–Kier alpha value is -2.97. The van der Waals surface area contributed by atoms with E-state index in [-0.39, 0.29) is 11.0 Å². The fourth-order valence-electron chi connectivity index (χ4n) is 2.69. The van der Waals surface area contributed by atoms with E-state index >= 15 is 0 Å². The third-order valence-corrected chi connectivity index (χ3v) is 5.36. The van der Waals surface area contributed by atoms with E-state index in [1.54, 1.807) is 12.3 Å². The van der Waals surface area contributed by atoms with Crippen LogP contribution in [0, 0.1) is 6.92 Å². The lowest BCUT2D eigenvalue weighted by Gasteiger charge is -2.07. The van der Waals surface area contributed by atoms with Gasteiger partial charge in [0.05, 0.1) is 29.1 Å². The fourth-order valence-corrected chi connectivity index (χ4v) is 3.94. The highest BCUT2D eigenvalue weighted by Crippen LogP contribution is 2.30. The average Bonchev–Trinajstić information content (AvgIpc) is 3.39. The number of benzene rings is 1. The van der Waals surface area contributed by atoms with Crippen molar-refractivity contribution < 1.29 is 9.21 Å². The predicted octanol–water partition coefficient (Wildman–Crippen LogP) is 3.79. The maximum absolute atomic E-state index is 12.6. The second-order valence-electron chi connectivity index (χ2n) is 5.88. The van der Waals surface area contributed by atoms with Crippen molar-refractivity contribution in [2.45, 2.75) is 13.5 Å². The number of carbonyl (C=O) groups is 1. The first kappa shape index (κ1) is 17.4. The molecule has 0 bridgehead atoms. The van der Waals surface area contributed by atoms with Gasteiger partial charge in [0.1, 0.15) is 10.6 Å². The Labute approximate surface area is 164 Å². The summed E-state index contributed by atoms with van der Waals surface area (Å²) in [6.07, 6.45) is 1.59. The van der Waals surface area contributed by atoms with E-state index in [2.05, 4.69) is 15.7 Å². The zero-order valence-corrected chi connectivity index (χ0v) is 16.1. The van der Waals surface area contributed by atoms with Crippen LogP contribution < -0.4 is 10.6 Å². The fraction of sp³-hybridized carbons (Fsp3) is 0.105. The van der Waals surface area contributed by atoms with Gasteiger partial charge in [0.25, 0.3) is 5.91 Å². The lowest BCUT2D eigenvalue weighted by molar-refractivity contribution is 0.0980. The lowest BCUT2D eigenvalue weighted by Crippen LogP contribution is -2.38. The highest BCUT2D eigenvalue weighted by Gasteiger charge is 2.17. The molecule has 4 aromatic rings. The second kappa shape index (κ2) is 7.34. The Morgan fingerprint density at radius 1 is 1.26 bits per heavy atom. The molecule has 27 heavy (non-hydrogen) atoms. The maximum atomic E-state index is 12.6. The average molecular weight is 396 g/mol. The molecular formula is C19H16N4O2S2. The van der Waals surface area contributed by atoms with Crippen LogP contribution in [0.25, 0.3) is 15.9 Å². The summed E-state index contributed by atoms with van der Waals surface area (Å²) in [5.41, 5.74) is 1.84. The third-order valence-electron chi connectivity index (χ3n) is 4.00. The van der Waals surface area contributed by atoms with E-state index in [1.165, 1.54) is 11.3 Å². The van der Waals surface area contributed by atoms with E-state index in [9.17, 15) is 4.79 Å². The highest BCUT2D eigenvalue weighted by atomic mass is 32.1. The highest BCUT2D eigenvalue weighted by molar-refractivity contribution is 7.80. The zero-order chi connectivity index (χ0) is 18.8. The summed E-state index contributed by atoms with van der Waals surface area (Å²) in [6.45, 7) is 2.35. The second-order valence-corrected chi connectivity index (χ2v) is 7.32. The smallest absolute Gasteiger partial charge is 0.267 e. The van der Waals surface area contributed by atoms with Crippen molar-refractivity contribution in [3.63, 3.8) is 0 Å². The van der Waals surface area contributed by atoms with E-state index in [1.807, 2.05) is 54.1 Å². The summed E-state index contributed by atoms with van der Waals surface area (Å²) in [5.74, 6) is 0.499.